The van der Waals surface area contributed by atoms with Crippen LogP contribution < -0.4 is 0 Å². The van der Waals surface area contributed by atoms with Gasteiger partial charge in [-0.05, 0) is 0 Å². The lowest BCUT2D eigenvalue weighted by Gasteiger charge is -2.04. The van der Waals surface area contributed by atoms with Crippen LogP contribution in [-0.4, -0.2) is 10.2 Å². The number of rotatable bonds is 0. The Hall–Kier alpha value is -1.41. The molecule has 0 radical (unpaired) electrons. The summed E-state index contributed by atoms with van der Waals surface area (Å²) in [5, 5.41) is 20.5. The molecule has 0 unspecified atom stereocenters. The van der Waals surface area contributed by atoms with Crippen LogP contribution in [0, 0.1) is 0 Å². The Morgan fingerprint density at radius 1 is 1.00 bits per heavy atom. The van der Waals surface area contributed by atoms with Crippen molar-refractivity contribution in [2.24, 2.45) is 0 Å². The van der Waals surface area contributed by atoms with Gasteiger partial charge in [0.25, 0.3) is 0 Å². The number of phenolic OH excluding ortho intramolecular Hbond substituents is 2. The zero-order chi connectivity index (χ0) is 9.42. The van der Waals surface area contributed by atoms with Crippen molar-refractivity contribution in [3.05, 3.63) is 35.4 Å². The highest BCUT2D eigenvalue weighted by Gasteiger charge is 2.07. The fourth-order valence-corrected chi connectivity index (χ4v) is 1.57. The average molecular weight is 195 g/mol. The van der Waals surface area contributed by atoms with Gasteiger partial charge >= 0.3 is 0 Å². The molecule has 0 atom stereocenters. The minimum atomic E-state index is -0.191. The lowest BCUT2D eigenvalue weighted by atomic mass is 10.1. The fourth-order valence-electron chi connectivity index (χ4n) is 1.30. The summed E-state index contributed by atoms with van der Waals surface area (Å²) in [5.41, 5.74) is 0. The van der Waals surface area contributed by atoms with Crippen molar-refractivity contribution < 1.29 is 10.2 Å². The summed E-state index contributed by atoms with van der Waals surface area (Å²) in [6.07, 6.45) is 0. The third kappa shape index (κ3) is 1.19. The molecule has 0 aliphatic rings. The first-order valence-corrected chi connectivity index (χ1v) is 4.17. The fraction of sp³-hybridized carbons (Fsp3) is 0. The van der Waals surface area contributed by atoms with E-state index in [4.69, 9.17) is 11.6 Å². The summed E-state index contributed by atoms with van der Waals surface area (Å²) in [6.45, 7) is 0. The molecule has 2 aromatic carbocycles. The van der Waals surface area contributed by atoms with E-state index in [1.807, 2.05) is 6.07 Å². The van der Waals surface area contributed by atoms with E-state index in [0.29, 0.717) is 10.4 Å². The Labute approximate surface area is 80.0 Å². The molecule has 0 amide bonds. The van der Waals surface area contributed by atoms with Gasteiger partial charge < -0.3 is 10.2 Å². The van der Waals surface area contributed by atoms with Crippen molar-refractivity contribution in [3.63, 3.8) is 0 Å². The number of fused-ring (bicyclic) bond motifs is 1. The quantitative estimate of drug-likeness (QED) is 0.633. The van der Waals surface area contributed by atoms with Crippen LogP contribution in [0.2, 0.25) is 5.02 Å². The van der Waals surface area contributed by atoms with E-state index in [1.54, 1.807) is 18.2 Å². The van der Waals surface area contributed by atoms with Gasteiger partial charge in [0.1, 0.15) is 0 Å². The first kappa shape index (κ1) is 8.20. The van der Waals surface area contributed by atoms with Gasteiger partial charge in [-0.2, -0.15) is 0 Å². The predicted molar refractivity (Wildman–Crippen MR) is 52.3 cm³/mol. The second-order valence-corrected chi connectivity index (χ2v) is 3.18. The highest BCUT2D eigenvalue weighted by atomic mass is 35.5. The summed E-state index contributed by atoms with van der Waals surface area (Å²) < 4.78 is 0. The summed E-state index contributed by atoms with van der Waals surface area (Å²) in [5.74, 6) is -0.316. The van der Waals surface area contributed by atoms with Crippen molar-refractivity contribution in [3.8, 4) is 11.5 Å². The van der Waals surface area contributed by atoms with Crippen LogP contribution in [0.25, 0.3) is 10.8 Å². The zero-order valence-electron chi connectivity index (χ0n) is 6.66. The van der Waals surface area contributed by atoms with Crippen LogP contribution in [0.15, 0.2) is 30.3 Å². The molecule has 0 spiro atoms. The number of phenols is 2. The highest BCUT2D eigenvalue weighted by Crippen LogP contribution is 2.37. The summed E-state index contributed by atoms with van der Waals surface area (Å²) >= 11 is 5.86. The molecular formula is C10H7ClO2. The molecule has 2 aromatic rings. The Morgan fingerprint density at radius 3 is 2.31 bits per heavy atom. The molecular weight excluding hydrogens is 188 g/mol. The molecule has 2 nitrogen and oxygen atoms in total. The first-order chi connectivity index (χ1) is 6.20. The van der Waals surface area contributed by atoms with Gasteiger partial charge in [0.2, 0.25) is 0 Å². The van der Waals surface area contributed by atoms with Crippen LogP contribution in [0.1, 0.15) is 0 Å². The van der Waals surface area contributed by atoms with E-state index >= 15 is 0 Å². The molecule has 0 aliphatic carbocycles. The third-order valence-corrected chi connectivity index (χ3v) is 2.26. The van der Waals surface area contributed by atoms with Gasteiger partial charge in [0.05, 0.1) is 5.02 Å². The maximum atomic E-state index is 9.47. The molecule has 2 rings (SSSR count). The van der Waals surface area contributed by atoms with E-state index in [2.05, 4.69) is 0 Å². The van der Waals surface area contributed by atoms with Crippen molar-refractivity contribution >= 4 is 22.4 Å². The Kier molecular flexibility index (Phi) is 1.78. The molecule has 13 heavy (non-hydrogen) atoms. The van der Waals surface area contributed by atoms with Crippen LogP contribution in [-0.2, 0) is 0 Å². The lowest BCUT2D eigenvalue weighted by molar-refractivity contribution is 0.408. The SMILES string of the molecule is Oc1cc(Cl)c2ccccc2c1O. The van der Waals surface area contributed by atoms with Gasteiger partial charge in [-0.25, -0.2) is 0 Å². The van der Waals surface area contributed by atoms with E-state index < -0.39 is 0 Å². The highest BCUT2D eigenvalue weighted by molar-refractivity contribution is 6.36. The van der Waals surface area contributed by atoms with E-state index in [0.717, 1.165) is 5.39 Å². The minimum Gasteiger partial charge on any atom is -0.504 e. The number of halogens is 1. The number of benzene rings is 2. The smallest absolute Gasteiger partial charge is 0.165 e. The summed E-state index contributed by atoms with van der Waals surface area (Å²) in [7, 11) is 0. The van der Waals surface area contributed by atoms with Crippen molar-refractivity contribution in [2.45, 2.75) is 0 Å². The maximum Gasteiger partial charge on any atom is 0.165 e. The number of hydrogen-bond donors (Lipinski definition) is 2. The molecule has 2 N–H and O–H groups in total. The van der Waals surface area contributed by atoms with E-state index in [9.17, 15) is 10.2 Å². The van der Waals surface area contributed by atoms with Crippen LogP contribution in [0.5, 0.6) is 11.5 Å². The number of aromatic hydroxyl groups is 2. The average Bonchev–Trinajstić information content (AvgIpc) is 2.15. The van der Waals surface area contributed by atoms with Crippen molar-refractivity contribution in [1.29, 1.82) is 0 Å². The molecule has 0 saturated heterocycles. The lowest BCUT2D eigenvalue weighted by Crippen LogP contribution is -1.76. The van der Waals surface area contributed by atoms with Gasteiger partial charge in [0, 0.05) is 16.8 Å². The Balaban J connectivity index is 2.97. The molecule has 0 aliphatic heterocycles. The second-order valence-electron chi connectivity index (χ2n) is 2.77. The molecule has 3 heteroatoms. The topological polar surface area (TPSA) is 40.5 Å². The van der Waals surface area contributed by atoms with Crippen molar-refractivity contribution in [2.75, 3.05) is 0 Å². The maximum absolute atomic E-state index is 9.47. The van der Waals surface area contributed by atoms with Crippen molar-refractivity contribution in [1.82, 2.24) is 0 Å². The van der Waals surface area contributed by atoms with Gasteiger partial charge in [-0.1, -0.05) is 35.9 Å². The summed E-state index contributed by atoms with van der Waals surface area (Å²) in [6, 6.07) is 8.43. The first-order valence-electron chi connectivity index (χ1n) is 3.79. The third-order valence-electron chi connectivity index (χ3n) is 1.95. The van der Waals surface area contributed by atoms with E-state index in [1.165, 1.54) is 6.07 Å². The minimum absolute atomic E-state index is 0.125. The Bertz CT molecular complexity index is 466. The molecule has 0 heterocycles. The normalized spacial score (nSPS) is 10.5. The molecule has 0 saturated carbocycles. The van der Waals surface area contributed by atoms with Crippen LogP contribution in [0.4, 0.5) is 0 Å². The summed E-state index contributed by atoms with van der Waals surface area (Å²) in [4.78, 5) is 0. The standard InChI is InChI=1S/C10H7ClO2/c11-8-5-9(12)10(13)7-4-2-1-3-6(7)8/h1-5,12-13H. The van der Waals surface area contributed by atoms with E-state index in [-0.39, 0.29) is 11.5 Å². The largest absolute Gasteiger partial charge is 0.504 e. The predicted octanol–water partition coefficient (Wildman–Crippen LogP) is 2.90. The van der Waals surface area contributed by atoms with Gasteiger partial charge in [-0.3, -0.25) is 0 Å². The molecule has 66 valence electrons. The molecule has 0 fully saturated rings. The monoisotopic (exact) mass is 194 g/mol. The van der Waals surface area contributed by atoms with Crippen LogP contribution >= 0.6 is 11.6 Å². The zero-order valence-corrected chi connectivity index (χ0v) is 7.42. The molecule has 0 bridgehead atoms. The van der Waals surface area contributed by atoms with Gasteiger partial charge in [-0.15, -0.1) is 0 Å². The van der Waals surface area contributed by atoms with Crippen LogP contribution in [0.3, 0.4) is 0 Å². The number of hydrogen-bond acceptors (Lipinski definition) is 2. The second kappa shape index (κ2) is 2.82. The van der Waals surface area contributed by atoms with Gasteiger partial charge in [0.15, 0.2) is 11.5 Å². The molecule has 0 aromatic heterocycles. The Morgan fingerprint density at radius 2 is 1.62 bits per heavy atom.